The van der Waals surface area contributed by atoms with Crippen molar-refractivity contribution in [2.24, 2.45) is 11.7 Å². The summed E-state index contributed by atoms with van der Waals surface area (Å²) in [6, 6.07) is 11.8. The predicted molar refractivity (Wildman–Crippen MR) is 123 cm³/mol. The monoisotopic (exact) mass is 442 g/mol. The molecule has 2 heterocycles. The number of ether oxygens (including phenoxy) is 1. The van der Waals surface area contributed by atoms with Gasteiger partial charge in [0.25, 0.3) is 0 Å². The normalized spacial score (nSPS) is 10.0. The van der Waals surface area contributed by atoms with E-state index in [-0.39, 0.29) is 0 Å². The summed E-state index contributed by atoms with van der Waals surface area (Å²) in [6.45, 7) is 6.38. The summed E-state index contributed by atoms with van der Waals surface area (Å²) in [5.74, 6) is 11.0. The van der Waals surface area contributed by atoms with E-state index in [2.05, 4.69) is 15.8 Å². The molecule has 0 aliphatic carbocycles. The van der Waals surface area contributed by atoms with Gasteiger partial charge in [0, 0.05) is 29.9 Å². The molecule has 1 aromatic carbocycles. The van der Waals surface area contributed by atoms with E-state index in [0.29, 0.717) is 23.9 Å². The number of benzene rings is 1. The molecule has 2 aromatic heterocycles. The molecule has 0 spiro atoms. The Bertz CT molecular complexity index is 1030. The van der Waals surface area contributed by atoms with Gasteiger partial charge in [-0.2, -0.15) is 0 Å². The first kappa shape index (κ1) is 24.1. The van der Waals surface area contributed by atoms with Crippen LogP contribution < -0.4 is 26.9 Å². The third kappa shape index (κ3) is 6.39. The maximum atomic E-state index is 8.94. The van der Waals surface area contributed by atoms with Crippen molar-refractivity contribution in [3.63, 3.8) is 0 Å². The summed E-state index contributed by atoms with van der Waals surface area (Å²) in [4.78, 5) is 18.0. The number of nitrogens with two attached hydrogens (primary N) is 2. The van der Waals surface area contributed by atoms with Crippen molar-refractivity contribution in [2.75, 3.05) is 12.1 Å². The zero-order chi connectivity index (χ0) is 23.0. The first-order chi connectivity index (χ1) is 14.8. The quantitative estimate of drug-likeness (QED) is 0.232. The Morgan fingerprint density at radius 2 is 1.90 bits per heavy atom. The van der Waals surface area contributed by atoms with Crippen molar-refractivity contribution >= 4 is 23.7 Å². The molecule has 0 aliphatic rings. The van der Waals surface area contributed by atoms with Crippen LogP contribution in [0.1, 0.15) is 22.4 Å². The highest BCUT2D eigenvalue weighted by molar-refractivity contribution is 6.30. The number of hydrogen-bond donors (Lipinski definition) is 3. The Balaban J connectivity index is 0.000000785. The highest BCUT2D eigenvalue weighted by Crippen LogP contribution is 2.28. The van der Waals surface area contributed by atoms with Crippen LogP contribution in [0, 0.1) is 20.8 Å². The van der Waals surface area contributed by atoms with Crippen molar-refractivity contribution in [1.29, 1.82) is 0 Å². The van der Waals surface area contributed by atoms with Crippen molar-refractivity contribution in [3.05, 3.63) is 70.0 Å². The predicted octanol–water partition coefficient (Wildman–Crippen LogP) is 3.22. The average Bonchev–Trinajstić information content (AvgIpc) is 2.75. The Kier molecular flexibility index (Phi) is 8.75. The van der Waals surface area contributed by atoms with Crippen molar-refractivity contribution < 1.29 is 9.53 Å². The first-order valence-electron chi connectivity index (χ1n) is 9.48. The molecule has 9 heteroatoms. The van der Waals surface area contributed by atoms with Crippen LogP contribution in [-0.4, -0.2) is 23.4 Å². The van der Waals surface area contributed by atoms with Crippen LogP contribution in [0.15, 0.2) is 42.6 Å². The van der Waals surface area contributed by atoms with Crippen LogP contribution in [0.2, 0.25) is 5.02 Å². The first-order valence-corrected chi connectivity index (χ1v) is 9.86. The molecule has 8 nitrogen and oxygen atoms in total. The summed E-state index contributed by atoms with van der Waals surface area (Å²) in [7, 11) is 1.82. The van der Waals surface area contributed by atoms with Crippen molar-refractivity contribution in [2.45, 2.75) is 27.4 Å². The van der Waals surface area contributed by atoms with Gasteiger partial charge in [0.1, 0.15) is 6.61 Å². The molecule has 164 valence electrons. The fourth-order valence-electron chi connectivity index (χ4n) is 2.97. The molecule has 0 saturated heterocycles. The van der Waals surface area contributed by atoms with Crippen LogP contribution >= 0.6 is 11.6 Å². The standard InChI is InChI=1S/C21H23ClN4O.CH4N2O/c1-13-6-5-7-20(26(4)23)18(13)12-27-21-14(2)10-17(15(3)25-21)19-9-8-16(22)11-24-19;2-3-1-4/h5-11H,12,23H2,1-4H3;1H,2H2,(H,3,4). The van der Waals surface area contributed by atoms with Gasteiger partial charge in [-0.1, -0.05) is 23.7 Å². The van der Waals surface area contributed by atoms with Gasteiger partial charge in [0.05, 0.1) is 22.1 Å². The Hall–Kier alpha value is -3.20. The van der Waals surface area contributed by atoms with Gasteiger partial charge >= 0.3 is 0 Å². The van der Waals surface area contributed by atoms with Gasteiger partial charge < -0.3 is 9.75 Å². The van der Waals surface area contributed by atoms with Crippen LogP contribution in [0.3, 0.4) is 0 Å². The van der Waals surface area contributed by atoms with E-state index in [1.54, 1.807) is 16.6 Å². The summed E-state index contributed by atoms with van der Waals surface area (Å²) in [5, 5.41) is 2.21. The number of nitrogens with one attached hydrogen (secondary N) is 1. The minimum Gasteiger partial charge on any atom is -0.473 e. The molecule has 31 heavy (non-hydrogen) atoms. The second-order valence-electron chi connectivity index (χ2n) is 6.86. The zero-order valence-electron chi connectivity index (χ0n) is 18.0. The maximum absolute atomic E-state index is 8.94. The van der Waals surface area contributed by atoms with Gasteiger partial charge in [0.2, 0.25) is 12.3 Å². The minimum atomic E-state index is 0.398. The zero-order valence-corrected chi connectivity index (χ0v) is 18.8. The third-order valence-corrected chi connectivity index (χ3v) is 4.77. The van der Waals surface area contributed by atoms with Crippen LogP contribution in [-0.2, 0) is 11.4 Å². The average molecular weight is 443 g/mol. The second kappa shape index (κ2) is 11.3. The van der Waals surface area contributed by atoms with Gasteiger partial charge in [-0.3, -0.25) is 15.2 Å². The lowest BCUT2D eigenvalue weighted by atomic mass is 10.1. The number of carbonyl (C=O) groups excluding carboxylic acids is 1. The largest absolute Gasteiger partial charge is 0.473 e. The van der Waals surface area contributed by atoms with E-state index in [1.807, 2.05) is 64.2 Å². The Morgan fingerprint density at radius 3 is 2.48 bits per heavy atom. The molecule has 0 saturated carbocycles. The lowest BCUT2D eigenvalue weighted by Crippen LogP contribution is -2.26. The van der Waals surface area contributed by atoms with Crippen molar-refractivity contribution in [3.8, 4) is 17.1 Å². The molecule has 3 aromatic rings. The highest BCUT2D eigenvalue weighted by Gasteiger charge is 2.13. The number of carbonyl (C=O) groups is 1. The second-order valence-corrected chi connectivity index (χ2v) is 7.30. The Morgan fingerprint density at radius 1 is 1.19 bits per heavy atom. The number of anilines is 1. The molecule has 0 aliphatic heterocycles. The minimum absolute atomic E-state index is 0.398. The molecule has 0 radical (unpaired) electrons. The summed E-state index contributed by atoms with van der Waals surface area (Å²) >= 11 is 5.93. The topological polar surface area (TPSA) is 119 Å². The van der Waals surface area contributed by atoms with Crippen LogP contribution in [0.5, 0.6) is 5.88 Å². The number of pyridine rings is 2. The fourth-order valence-corrected chi connectivity index (χ4v) is 3.08. The van der Waals surface area contributed by atoms with E-state index in [1.165, 1.54) is 0 Å². The van der Waals surface area contributed by atoms with E-state index in [4.69, 9.17) is 27.0 Å². The fraction of sp³-hybridized carbons (Fsp3) is 0.227. The lowest BCUT2D eigenvalue weighted by molar-refractivity contribution is -0.109. The van der Waals surface area contributed by atoms with E-state index in [0.717, 1.165) is 39.3 Å². The van der Waals surface area contributed by atoms with Crippen molar-refractivity contribution in [1.82, 2.24) is 15.4 Å². The number of halogens is 1. The number of aryl methyl sites for hydroxylation is 3. The number of rotatable bonds is 6. The molecule has 0 bridgehead atoms. The summed E-state index contributed by atoms with van der Waals surface area (Å²) in [6.07, 6.45) is 2.04. The maximum Gasteiger partial charge on any atom is 0.221 e. The van der Waals surface area contributed by atoms with Gasteiger partial charge in [-0.05, 0) is 50.6 Å². The lowest BCUT2D eigenvalue weighted by Gasteiger charge is -2.19. The number of hydrogen-bond acceptors (Lipinski definition) is 7. The number of nitrogens with zero attached hydrogens (tertiary/aromatic N) is 3. The molecular weight excluding hydrogens is 416 g/mol. The van der Waals surface area contributed by atoms with Gasteiger partial charge in [-0.25, -0.2) is 16.7 Å². The Labute approximate surface area is 187 Å². The summed E-state index contributed by atoms with van der Waals surface area (Å²) in [5.41, 5.74) is 8.46. The van der Waals surface area contributed by atoms with Gasteiger partial charge in [-0.15, -0.1) is 0 Å². The highest BCUT2D eigenvalue weighted by atomic mass is 35.5. The number of amides is 1. The van der Waals surface area contributed by atoms with Gasteiger partial charge in [0.15, 0.2) is 0 Å². The molecular formula is C22H27ClN6O2. The smallest absolute Gasteiger partial charge is 0.221 e. The molecule has 0 atom stereocenters. The van der Waals surface area contributed by atoms with E-state index >= 15 is 0 Å². The molecule has 0 fully saturated rings. The van der Waals surface area contributed by atoms with Crippen LogP contribution in [0.25, 0.3) is 11.3 Å². The SMILES string of the molecule is Cc1cc(-c2ccc(Cl)cn2)c(C)nc1OCc1c(C)cccc1N(C)N.NNC=O. The molecule has 3 rings (SSSR count). The van der Waals surface area contributed by atoms with Crippen LogP contribution in [0.4, 0.5) is 5.69 Å². The summed E-state index contributed by atoms with van der Waals surface area (Å²) < 4.78 is 6.05. The number of hydrazine groups is 2. The molecule has 0 unspecified atom stereocenters. The number of aromatic nitrogens is 2. The van der Waals surface area contributed by atoms with E-state index in [9.17, 15) is 0 Å². The third-order valence-electron chi connectivity index (χ3n) is 4.55. The molecule has 1 amide bonds. The molecule has 5 N–H and O–H groups in total. The van der Waals surface area contributed by atoms with E-state index < -0.39 is 0 Å².